The number of anilines is 1. The fraction of sp³-hybridized carbons (Fsp3) is 0.429. The standard InChI is InChI=1S/C19H24N2O2.C2HF3O2/c1-2-19(23)21(13-14-7-9-20-10-8-14)17-5-3-16-12-18(22)6-4-15(16)11-17;3-2(4,5)1(6)7/h3-6,11-12,14,20,22H,2,7-10,13H2,1H3;(H,6,7). The van der Waals surface area contributed by atoms with Crippen molar-refractivity contribution in [3.05, 3.63) is 36.4 Å². The van der Waals surface area contributed by atoms with Gasteiger partial charge in [0.1, 0.15) is 5.75 Å². The van der Waals surface area contributed by atoms with E-state index in [0.717, 1.165) is 48.9 Å². The molecule has 0 aliphatic carbocycles. The van der Waals surface area contributed by atoms with Crippen LogP contribution in [-0.2, 0) is 9.59 Å². The van der Waals surface area contributed by atoms with Crippen LogP contribution in [0.1, 0.15) is 26.2 Å². The minimum Gasteiger partial charge on any atom is -0.508 e. The summed E-state index contributed by atoms with van der Waals surface area (Å²) in [6.45, 7) is 4.78. The maximum atomic E-state index is 12.4. The van der Waals surface area contributed by atoms with E-state index in [2.05, 4.69) is 5.32 Å². The molecule has 9 heteroatoms. The number of hydrogen-bond donors (Lipinski definition) is 3. The number of piperidine rings is 1. The Morgan fingerprint density at radius 2 is 1.67 bits per heavy atom. The van der Waals surface area contributed by atoms with E-state index < -0.39 is 12.1 Å². The zero-order valence-electron chi connectivity index (χ0n) is 16.6. The Bertz CT molecular complexity index is 880. The molecule has 1 aliphatic heterocycles. The SMILES string of the molecule is CCC(=O)N(CC1CCNCC1)c1ccc2cc(O)ccc2c1.O=C(O)C(F)(F)F. The van der Waals surface area contributed by atoms with E-state index in [0.29, 0.717) is 12.3 Å². The highest BCUT2D eigenvalue weighted by Crippen LogP contribution is 2.27. The largest absolute Gasteiger partial charge is 0.508 e. The summed E-state index contributed by atoms with van der Waals surface area (Å²) in [5.41, 5.74) is 0.952. The number of amides is 1. The highest BCUT2D eigenvalue weighted by molar-refractivity contribution is 5.96. The molecule has 0 bridgehead atoms. The van der Waals surface area contributed by atoms with E-state index >= 15 is 0 Å². The van der Waals surface area contributed by atoms with Crippen LogP contribution in [0.4, 0.5) is 18.9 Å². The van der Waals surface area contributed by atoms with Crippen molar-refractivity contribution in [2.75, 3.05) is 24.5 Å². The molecule has 164 valence electrons. The Kier molecular flexibility index (Phi) is 8.05. The van der Waals surface area contributed by atoms with Gasteiger partial charge in [0.2, 0.25) is 5.91 Å². The van der Waals surface area contributed by atoms with Gasteiger partial charge in [0.05, 0.1) is 0 Å². The first-order valence-electron chi connectivity index (χ1n) is 9.65. The number of fused-ring (bicyclic) bond motifs is 1. The number of phenols is 1. The minimum absolute atomic E-state index is 0.168. The lowest BCUT2D eigenvalue weighted by Gasteiger charge is -2.30. The number of alkyl halides is 3. The van der Waals surface area contributed by atoms with Gasteiger partial charge in [-0.3, -0.25) is 4.79 Å². The third kappa shape index (κ3) is 6.62. The van der Waals surface area contributed by atoms with Crippen molar-refractivity contribution in [1.29, 1.82) is 0 Å². The highest BCUT2D eigenvalue weighted by atomic mass is 19.4. The molecule has 6 nitrogen and oxygen atoms in total. The molecule has 1 fully saturated rings. The van der Waals surface area contributed by atoms with E-state index in [1.54, 1.807) is 12.1 Å². The lowest BCUT2D eigenvalue weighted by atomic mass is 9.97. The van der Waals surface area contributed by atoms with E-state index in [1.165, 1.54) is 0 Å². The van der Waals surface area contributed by atoms with Gasteiger partial charge in [-0.15, -0.1) is 0 Å². The Morgan fingerprint density at radius 1 is 1.10 bits per heavy atom. The van der Waals surface area contributed by atoms with Crippen molar-refractivity contribution < 1.29 is 33.0 Å². The summed E-state index contributed by atoms with van der Waals surface area (Å²) in [6.07, 6.45) is -2.33. The molecule has 30 heavy (non-hydrogen) atoms. The molecule has 1 aliphatic rings. The van der Waals surface area contributed by atoms with Gasteiger partial charge in [0, 0.05) is 18.7 Å². The molecule has 0 aromatic heterocycles. The van der Waals surface area contributed by atoms with Gasteiger partial charge in [-0.05, 0) is 66.9 Å². The Balaban J connectivity index is 0.000000396. The second kappa shape index (κ2) is 10.3. The van der Waals surface area contributed by atoms with E-state index in [-0.39, 0.29) is 11.7 Å². The van der Waals surface area contributed by atoms with Crippen LogP contribution in [0.2, 0.25) is 0 Å². The van der Waals surface area contributed by atoms with Gasteiger partial charge < -0.3 is 20.4 Å². The Hall–Kier alpha value is -2.81. The molecular formula is C21H25F3N2O4. The molecule has 0 spiro atoms. The zero-order chi connectivity index (χ0) is 22.3. The number of aromatic hydroxyl groups is 1. The smallest absolute Gasteiger partial charge is 0.490 e. The molecule has 0 radical (unpaired) electrons. The van der Waals surface area contributed by atoms with Crippen LogP contribution < -0.4 is 10.2 Å². The van der Waals surface area contributed by atoms with Crippen LogP contribution >= 0.6 is 0 Å². The van der Waals surface area contributed by atoms with Crippen molar-refractivity contribution in [1.82, 2.24) is 5.32 Å². The maximum absolute atomic E-state index is 12.4. The van der Waals surface area contributed by atoms with Crippen LogP contribution in [0, 0.1) is 5.92 Å². The predicted octanol–water partition coefficient (Wildman–Crippen LogP) is 3.92. The third-order valence-electron chi connectivity index (χ3n) is 4.86. The molecular weight excluding hydrogens is 401 g/mol. The fourth-order valence-electron chi connectivity index (χ4n) is 3.25. The van der Waals surface area contributed by atoms with Crippen LogP contribution in [-0.4, -0.2) is 47.9 Å². The van der Waals surface area contributed by atoms with Crippen molar-refractivity contribution in [2.24, 2.45) is 5.92 Å². The first-order chi connectivity index (χ1) is 14.1. The van der Waals surface area contributed by atoms with E-state index in [1.807, 2.05) is 36.1 Å². The average Bonchev–Trinajstić information content (AvgIpc) is 2.71. The maximum Gasteiger partial charge on any atom is 0.490 e. The summed E-state index contributed by atoms with van der Waals surface area (Å²) in [5.74, 6) is -1.77. The minimum atomic E-state index is -5.08. The normalized spacial score (nSPS) is 14.7. The fourth-order valence-corrected chi connectivity index (χ4v) is 3.25. The topological polar surface area (TPSA) is 89.9 Å². The number of nitrogens with one attached hydrogen (secondary N) is 1. The molecule has 1 saturated heterocycles. The van der Waals surface area contributed by atoms with Crippen molar-refractivity contribution in [3.63, 3.8) is 0 Å². The number of carboxylic acids is 1. The molecule has 1 heterocycles. The summed E-state index contributed by atoms with van der Waals surface area (Å²) in [4.78, 5) is 23.3. The average molecular weight is 426 g/mol. The second-order valence-electron chi connectivity index (χ2n) is 7.07. The summed E-state index contributed by atoms with van der Waals surface area (Å²) in [7, 11) is 0. The predicted molar refractivity (Wildman–Crippen MR) is 108 cm³/mol. The van der Waals surface area contributed by atoms with Crippen LogP contribution in [0.5, 0.6) is 5.75 Å². The number of carbonyl (C=O) groups is 2. The number of phenolic OH excluding ortho intramolecular Hbond substituents is 1. The molecule has 1 amide bonds. The number of hydrogen-bond acceptors (Lipinski definition) is 4. The van der Waals surface area contributed by atoms with E-state index in [4.69, 9.17) is 9.90 Å². The first kappa shape index (κ1) is 23.5. The number of halogens is 3. The molecule has 3 rings (SSSR count). The van der Waals surface area contributed by atoms with Gasteiger partial charge in [0.25, 0.3) is 0 Å². The lowest BCUT2D eigenvalue weighted by molar-refractivity contribution is -0.192. The van der Waals surface area contributed by atoms with Crippen molar-refractivity contribution in [2.45, 2.75) is 32.4 Å². The van der Waals surface area contributed by atoms with Crippen LogP contribution in [0.3, 0.4) is 0 Å². The number of carbonyl (C=O) groups excluding carboxylic acids is 1. The van der Waals surface area contributed by atoms with Gasteiger partial charge in [-0.1, -0.05) is 19.1 Å². The molecule has 0 saturated carbocycles. The van der Waals surface area contributed by atoms with Gasteiger partial charge in [-0.2, -0.15) is 13.2 Å². The number of benzene rings is 2. The summed E-state index contributed by atoms with van der Waals surface area (Å²) < 4.78 is 31.7. The number of aliphatic carboxylic acids is 1. The molecule has 0 unspecified atom stereocenters. The van der Waals surface area contributed by atoms with Crippen LogP contribution in [0.25, 0.3) is 10.8 Å². The molecule has 2 aromatic rings. The Morgan fingerprint density at radius 3 is 2.23 bits per heavy atom. The van der Waals surface area contributed by atoms with Gasteiger partial charge in [0.15, 0.2) is 0 Å². The number of carboxylic acid groups (broad SMARTS) is 1. The lowest BCUT2D eigenvalue weighted by Crippen LogP contribution is -2.39. The van der Waals surface area contributed by atoms with Crippen LogP contribution in [0.15, 0.2) is 36.4 Å². The van der Waals surface area contributed by atoms with Crippen molar-refractivity contribution in [3.8, 4) is 5.75 Å². The summed E-state index contributed by atoms with van der Waals surface area (Å²) in [5, 5.41) is 22.1. The number of rotatable bonds is 4. The van der Waals surface area contributed by atoms with E-state index in [9.17, 15) is 23.1 Å². The van der Waals surface area contributed by atoms with Gasteiger partial charge in [-0.25, -0.2) is 4.79 Å². The molecule has 3 N–H and O–H groups in total. The second-order valence-corrected chi connectivity index (χ2v) is 7.07. The first-order valence-corrected chi connectivity index (χ1v) is 9.65. The summed E-state index contributed by atoms with van der Waals surface area (Å²) >= 11 is 0. The monoisotopic (exact) mass is 426 g/mol. The summed E-state index contributed by atoms with van der Waals surface area (Å²) in [6, 6.07) is 11.3. The zero-order valence-corrected chi connectivity index (χ0v) is 16.6. The van der Waals surface area contributed by atoms with Gasteiger partial charge >= 0.3 is 12.1 Å². The molecule has 2 aromatic carbocycles. The third-order valence-corrected chi connectivity index (χ3v) is 4.86. The molecule has 0 atom stereocenters. The number of nitrogens with zero attached hydrogens (tertiary/aromatic N) is 1. The highest BCUT2D eigenvalue weighted by Gasteiger charge is 2.38. The Labute approximate surface area is 172 Å². The van der Waals surface area contributed by atoms with Crippen molar-refractivity contribution >= 4 is 28.3 Å². The quantitative estimate of drug-likeness (QED) is 0.690.